The summed E-state index contributed by atoms with van der Waals surface area (Å²) < 4.78 is 122. The molecule has 0 radical (unpaired) electrons. The molecule has 2 aromatic carbocycles. The summed E-state index contributed by atoms with van der Waals surface area (Å²) in [5, 5.41) is 0. The van der Waals surface area contributed by atoms with E-state index >= 15 is 0 Å². The number of amides is 1. The molecule has 1 amide bonds. The average molecular weight is 585 g/mol. The summed E-state index contributed by atoms with van der Waals surface area (Å²) in [5.41, 5.74) is -3.34. The van der Waals surface area contributed by atoms with Crippen molar-refractivity contribution in [2.45, 2.75) is 35.4 Å². The molecule has 210 valence electrons. The van der Waals surface area contributed by atoms with Crippen molar-refractivity contribution in [3.8, 4) is 5.75 Å². The van der Waals surface area contributed by atoms with Crippen molar-refractivity contribution in [2.24, 2.45) is 0 Å². The van der Waals surface area contributed by atoms with E-state index in [0.717, 1.165) is 56.7 Å². The van der Waals surface area contributed by atoms with E-state index in [1.807, 2.05) is 0 Å². The van der Waals surface area contributed by atoms with Crippen LogP contribution in [0, 0.1) is 11.6 Å². The van der Waals surface area contributed by atoms with Crippen LogP contribution in [0.2, 0.25) is 0 Å². The first-order chi connectivity index (χ1) is 17.2. The van der Waals surface area contributed by atoms with Gasteiger partial charge in [0.2, 0.25) is 0 Å². The third kappa shape index (κ3) is 6.03. The van der Waals surface area contributed by atoms with E-state index in [9.17, 15) is 43.6 Å². The van der Waals surface area contributed by atoms with Crippen LogP contribution in [0.1, 0.15) is 24.2 Å². The van der Waals surface area contributed by atoms with Crippen molar-refractivity contribution in [1.29, 1.82) is 0 Å². The number of ether oxygens (including phenoxy) is 1. The Bertz CT molecular complexity index is 1470. The van der Waals surface area contributed by atoms with Crippen LogP contribution in [0.3, 0.4) is 0 Å². The van der Waals surface area contributed by atoms with Gasteiger partial charge in [-0.15, -0.1) is 0 Å². The van der Waals surface area contributed by atoms with E-state index in [1.54, 1.807) is 0 Å². The minimum atomic E-state index is -4.81. The fourth-order valence-corrected chi connectivity index (χ4v) is 5.08. The average Bonchev–Trinajstić information content (AvgIpc) is 2.78. The Balaban J connectivity index is 1.89. The molecule has 2 aromatic rings. The molecule has 3 rings (SSSR count). The number of carbonyl (C=O) groups is 1. The summed E-state index contributed by atoms with van der Waals surface area (Å²) in [4.78, 5) is 14.8. The lowest BCUT2D eigenvalue weighted by molar-refractivity contribution is -0.234. The lowest BCUT2D eigenvalue weighted by atomic mass is 10.1. The molecule has 0 aromatic heterocycles. The highest BCUT2D eigenvalue weighted by atomic mass is 32.2. The topological polar surface area (TPSA) is 101 Å². The number of rotatable bonds is 6. The maximum absolute atomic E-state index is 14.6. The molecule has 0 aliphatic carbocycles. The fraction of sp³-hybridized carbons (Fsp3) is 0.435. The van der Waals surface area contributed by atoms with Gasteiger partial charge in [0, 0.05) is 38.7 Å². The summed E-state index contributed by atoms with van der Waals surface area (Å²) in [5.74, 6) is -4.20. The SMILES string of the molecule is CC(C)(Oc1ccc(S(C)(=O)=O)cc1C(=O)N1CCN(c2ccc(S(C)(=O)=O)c(F)c2F)CC1)C(F)(F)F. The van der Waals surface area contributed by atoms with Crippen LogP contribution in [0.15, 0.2) is 40.1 Å². The van der Waals surface area contributed by atoms with Crippen LogP contribution in [-0.2, 0) is 19.7 Å². The van der Waals surface area contributed by atoms with Gasteiger partial charge in [0.05, 0.1) is 16.1 Å². The lowest BCUT2D eigenvalue weighted by Gasteiger charge is -2.37. The molecule has 0 bridgehead atoms. The molecule has 8 nitrogen and oxygen atoms in total. The number of piperazine rings is 1. The monoisotopic (exact) mass is 584 g/mol. The van der Waals surface area contributed by atoms with Crippen LogP contribution < -0.4 is 9.64 Å². The molecule has 0 spiro atoms. The largest absolute Gasteiger partial charge is 0.478 e. The van der Waals surface area contributed by atoms with Crippen molar-refractivity contribution in [1.82, 2.24) is 4.90 Å². The van der Waals surface area contributed by atoms with E-state index in [2.05, 4.69) is 0 Å². The molecular weight excluding hydrogens is 559 g/mol. The number of carbonyl (C=O) groups excluding carboxylic acids is 1. The van der Waals surface area contributed by atoms with Crippen molar-refractivity contribution < 1.29 is 48.3 Å². The zero-order valence-corrected chi connectivity index (χ0v) is 22.4. The van der Waals surface area contributed by atoms with Crippen molar-refractivity contribution in [2.75, 3.05) is 43.6 Å². The van der Waals surface area contributed by atoms with Crippen LogP contribution in [0.4, 0.5) is 27.6 Å². The molecule has 0 unspecified atom stereocenters. The highest BCUT2D eigenvalue weighted by molar-refractivity contribution is 7.91. The number of anilines is 1. The molecule has 38 heavy (non-hydrogen) atoms. The molecular formula is C23H25F5N2O6S2. The second-order valence-electron chi connectivity index (χ2n) is 9.30. The summed E-state index contributed by atoms with van der Waals surface area (Å²) in [7, 11) is -7.83. The number of nitrogens with zero attached hydrogens (tertiary/aromatic N) is 2. The van der Waals surface area contributed by atoms with Crippen LogP contribution >= 0.6 is 0 Å². The highest BCUT2D eigenvalue weighted by Gasteiger charge is 2.50. The van der Waals surface area contributed by atoms with Gasteiger partial charge in [0.1, 0.15) is 10.6 Å². The van der Waals surface area contributed by atoms with Crippen LogP contribution in [0.25, 0.3) is 0 Å². The van der Waals surface area contributed by atoms with E-state index in [-0.39, 0.29) is 36.8 Å². The zero-order chi connectivity index (χ0) is 28.8. The molecule has 0 atom stereocenters. The Labute approximate surface area is 216 Å². The molecule has 0 saturated carbocycles. The van der Waals surface area contributed by atoms with Crippen LogP contribution in [-0.4, -0.2) is 78.1 Å². The van der Waals surface area contributed by atoms with Gasteiger partial charge in [-0.3, -0.25) is 4.79 Å². The highest BCUT2D eigenvalue weighted by Crippen LogP contribution is 2.36. The van der Waals surface area contributed by atoms with E-state index in [1.165, 1.54) is 9.80 Å². The van der Waals surface area contributed by atoms with E-state index in [4.69, 9.17) is 4.74 Å². The Kier molecular flexibility index (Phi) is 7.78. The predicted octanol–water partition coefficient (Wildman–Crippen LogP) is 3.45. The Hall–Kier alpha value is -2.94. The molecule has 1 fully saturated rings. The maximum atomic E-state index is 14.6. The molecule has 1 aliphatic rings. The van der Waals surface area contributed by atoms with Gasteiger partial charge >= 0.3 is 6.18 Å². The number of alkyl halides is 3. The smallest absolute Gasteiger partial charge is 0.427 e. The van der Waals surface area contributed by atoms with Crippen molar-refractivity contribution in [3.63, 3.8) is 0 Å². The van der Waals surface area contributed by atoms with Crippen molar-refractivity contribution >= 4 is 31.3 Å². The Morgan fingerprint density at radius 3 is 1.95 bits per heavy atom. The third-order valence-electron chi connectivity index (χ3n) is 5.99. The van der Waals surface area contributed by atoms with Gasteiger partial charge in [0.25, 0.3) is 5.91 Å². The van der Waals surface area contributed by atoms with Crippen molar-refractivity contribution in [3.05, 3.63) is 47.5 Å². The fourth-order valence-electron chi connectivity index (χ4n) is 3.70. The Morgan fingerprint density at radius 1 is 0.868 bits per heavy atom. The summed E-state index contributed by atoms with van der Waals surface area (Å²) in [6.07, 6.45) is -3.19. The predicted molar refractivity (Wildman–Crippen MR) is 128 cm³/mol. The van der Waals surface area contributed by atoms with Gasteiger partial charge < -0.3 is 14.5 Å². The van der Waals surface area contributed by atoms with Gasteiger partial charge in [-0.05, 0) is 44.2 Å². The first-order valence-electron chi connectivity index (χ1n) is 11.1. The standard InChI is InChI=1S/C23H25F5N2O6S2/c1-22(2,23(26,27)28)36-17-7-5-14(37(3,32)33)13-15(17)21(31)30-11-9-29(10-12-30)16-6-8-18(38(4,34)35)20(25)19(16)24/h5-8,13H,9-12H2,1-4H3. The second-order valence-corrected chi connectivity index (χ2v) is 13.3. The first-order valence-corrected chi connectivity index (χ1v) is 14.8. The summed E-state index contributed by atoms with van der Waals surface area (Å²) in [6.45, 7) is 1.28. The molecule has 15 heteroatoms. The minimum absolute atomic E-state index is 0.0314. The molecule has 0 N–H and O–H groups in total. The van der Waals surface area contributed by atoms with Gasteiger partial charge in [0.15, 0.2) is 36.9 Å². The lowest BCUT2D eigenvalue weighted by Crippen LogP contribution is -2.49. The third-order valence-corrected chi connectivity index (χ3v) is 8.22. The first kappa shape index (κ1) is 29.6. The maximum Gasteiger partial charge on any atom is 0.427 e. The van der Waals surface area contributed by atoms with E-state index < -0.39 is 65.2 Å². The number of hydrogen-bond acceptors (Lipinski definition) is 7. The van der Waals surface area contributed by atoms with Crippen LogP contribution in [0.5, 0.6) is 5.75 Å². The summed E-state index contributed by atoms with van der Waals surface area (Å²) in [6, 6.07) is 4.99. The molecule has 1 heterocycles. The quantitative estimate of drug-likeness (QED) is 0.480. The van der Waals surface area contributed by atoms with Gasteiger partial charge in [-0.2, -0.15) is 13.2 Å². The zero-order valence-electron chi connectivity index (χ0n) is 20.8. The second kappa shape index (κ2) is 9.98. The molecule has 1 saturated heterocycles. The van der Waals surface area contributed by atoms with Gasteiger partial charge in [-0.1, -0.05) is 0 Å². The number of hydrogen-bond donors (Lipinski definition) is 0. The number of benzene rings is 2. The number of halogens is 5. The Morgan fingerprint density at radius 2 is 1.45 bits per heavy atom. The normalized spacial score (nSPS) is 15.5. The minimum Gasteiger partial charge on any atom is -0.478 e. The summed E-state index contributed by atoms with van der Waals surface area (Å²) >= 11 is 0. The van der Waals surface area contributed by atoms with E-state index in [0.29, 0.717) is 0 Å². The van der Waals surface area contributed by atoms with Gasteiger partial charge in [-0.25, -0.2) is 25.6 Å². The molecule has 1 aliphatic heterocycles. The number of sulfone groups is 2.